The number of aromatic nitrogens is 2. The van der Waals surface area contributed by atoms with Crippen LogP contribution in [0.25, 0.3) is 22.4 Å². The fourth-order valence-corrected chi connectivity index (χ4v) is 2.72. The normalized spacial score (nSPS) is 11.4. The fraction of sp³-hybridized carbons (Fsp3) is 0.278. The van der Waals surface area contributed by atoms with Crippen LogP contribution < -0.4 is 0 Å². The Bertz CT molecular complexity index is 777. The first kappa shape index (κ1) is 14.6. The number of hydrogen-bond donors (Lipinski definition) is 1. The maximum atomic E-state index is 10.2. The third-order valence-electron chi connectivity index (χ3n) is 3.79. The largest absolute Gasteiger partial charge is 0.507 e. The molecular formula is C18H21N3O. The van der Waals surface area contributed by atoms with Crippen LogP contribution in [0.15, 0.2) is 48.5 Å². The van der Waals surface area contributed by atoms with Crippen molar-refractivity contribution in [1.29, 1.82) is 0 Å². The molecule has 4 nitrogen and oxygen atoms in total. The minimum Gasteiger partial charge on any atom is -0.507 e. The second-order valence-electron chi connectivity index (χ2n) is 5.75. The van der Waals surface area contributed by atoms with E-state index in [0.29, 0.717) is 0 Å². The lowest BCUT2D eigenvalue weighted by molar-refractivity contribution is 0.388. The first-order chi connectivity index (χ1) is 10.7. The van der Waals surface area contributed by atoms with Crippen molar-refractivity contribution in [3.63, 3.8) is 0 Å². The molecular weight excluding hydrogens is 274 g/mol. The summed E-state index contributed by atoms with van der Waals surface area (Å²) in [5.41, 5.74) is 2.86. The van der Waals surface area contributed by atoms with Gasteiger partial charge in [-0.1, -0.05) is 24.3 Å². The summed E-state index contributed by atoms with van der Waals surface area (Å²) in [4.78, 5) is 6.91. The van der Waals surface area contributed by atoms with Crippen LogP contribution in [0.1, 0.15) is 6.42 Å². The number of aromatic hydroxyl groups is 1. The molecule has 0 fully saturated rings. The zero-order valence-corrected chi connectivity index (χ0v) is 13.0. The molecule has 0 atom stereocenters. The highest BCUT2D eigenvalue weighted by Gasteiger charge is 2.14. The van der Waals surface area contributed by atoms with E-state index < -0.39 is 0 Å². The van der Waals surface area contributed by atoms with Crippen LogP contribution in [0.2, 0.25) is 0 Å². The van der Waals surface area contributed by atoms with Crippen molar-refractivity contribution < 1.29 is 5.11 Å². The van der Waals surface area contributed by atoms with Crippen LogP contribution in [0.5, 0.6) is 5.75 Å². The van der Waals surface area contributed by atoms with Gasteiger partial charge >= 0.3 is 0 Å². The van der Waals surface area contributed by atoms with E-state index in [9.17, 15) is 5.11 Å². The average molecular weight is 295 g/mol. The maximum absolute atomic E-state index is 10.2. The molecule has 0 saturated heterocycles. The minimum atomic E-state index is 0.270. The summed E-state index contributed by atoms with van der Waals surface area (Å²) in [6.07, 6.45) is 1.04. The summed E-state index contributed by atoms with van der Waals surface area (Å²) < 4.78 is 2.20. The predicted molar refractivity (Wildman–Crippen MR) is 90.0 cm³/mol. The molecule has 0 aliphatic heterocycles. The molecule has 0 saturated carbocycles. The second kappa shape index (κ2) is 6.20. The van der Waals surface area contributed by atoms with Gasteiger partial charge in [-0.15, -0.1) is 0 Å². The molecule has 114 valence electrons. The molecule has 3 aromatic rings. The smallest absolute Gasteiger partial charge is 0.144 e. The number of imidazole rings is 1. The van der Waals surface area contributed by atoms with Gasteiger partial charge < -0.3 is 14.6 Å². The molecule has 2 aromatic carbocycles. The summed E-state index contributed by atoms with van der Waals surface area (Å²) in [6, 6.07) is 15.5. The molecule has 22 heavy (non-hydrogen) atoms. The Morgan fingerprint density at radius 1 is 1.05 bits per heavy atom. The number of hydrogen-bond acceptors (Lipinski definition) is 3. The lowest BCUT2D eigenvalue weighted by Gasteiger charge is -2.13. The van der Waals surface area contributed by atoms with Crippen molar-refractivity contribution >= 4 is 11.0 Å². The predicted octanol–water partition coefficient (Wildman–Crippen LogP) is 3.36. The van der Waals surface area contributed by atoms with Gasteiger partial charge in [-0.25, -0.2) is 4.98 Å². The number of aryl methyl sites for hydroxylation is 1. The molecule has 4 heteroatoms. The number of benzene rings is 2. The Balaban J connectivity index is 2.07. The molecule has 0 spiro atoms. The molecule has 1 aromatic heterocycles. The Morgan fingerprint density at radius 3 is 2.55 bits per heavy atom. The number of nitrogens with zero attached hydrogens (tertiary/aromatic N) is 3. The van der Waals surface area contributed by atoms with Crippen LogP contribution in [0.3, 0.4) is 0 Å². The number of para-hydroxylation sites is 3. The SMILES string of the molecule is CN(C)CCCn1c(-c2ccccc2O)nc2ccccc21. The van der Waals surface area contributed by atoms with Gasteiger partial charge in [0.25, 0.3) is 0 Å². The van der Waals surface area contributed by atoms with Crippen molar-refractivity contribution in [3.05, 3.63) is 48.5 Å². The Labute approximate surface area is 130 Å². The molecule has 1 heterocycles. The van der Waals surface area contributed by atoms with Crippen LogP contribution in [-0.4, -0.2) is 40.2 Å². The third kappa shape index (κ3) is 2.83. The molecule has 0 radical (unpaired) electrons. The van der Waals surface area contributed by atoms with Gasteiger partial charge in [0.2, 0.25) is 0 Å². The van der Waals surface area contributed by atoms with Crippen LogP contribution >= 0.6 is 0 Å². The summed E-state index contributed by atoms with van der Waals surface area (Å²) in [5, 5.41) is 10.2. The zero-order valence-electron chi connectivity index (χ0n) is 13.0. The van der Waals surface area contributed by atoms with Gasteiger partial charge in [-0.2, -0.15) is 0 Å². The lowest BCUT2D eigenvalue weighted by atomic mass is 10.2. The van der Waals surface area contributed by atoms with Crippen LogP contribution in [-0.2, 0) is 6.54 Å². The number of phenolic OH excluding ortho intramolecular Hbond substituents is 1. The fourth-order valence-electron chi connectivity index (χ4n) is 2.72. The van der Waals surface area contributed by atoms with Crippen molar-refractivity contribution in [2.24, 2.45) is 0 Å². The highest BCUT2D eigenvalue weighted by atomic mass is 16.3. The number of phenols is 1. The number of fused-ring (bicyclic) bond motifs is 1. The van der Waals surface area contributed by atoms with E-state index in [1.54, 1.807) is 6.07 Å². The zero-order chi connectivity index (χ0) is 15.5. The first-order valence-electron chi connectivity index (χ1n) is 7.55. The summed E-state index contributed by atoms with van der Waals surface area (Å²) in [7, 11) is 4.16. The van der Waals surface area contributed by atoms with Gasteiger partial charge in [0.15, 0.2) is 0 Å². The summed E-state index contributed by atoms with van der Waals surface area (Å²) in [6.45, 7) is 1.90. The molecule has 0 aliphatic rings. The van der Waals surface area contributed by atoms with Crippen LogP contribution in [0.4, 0.5) is 0 Å². The monoisotopic (exact) mass is 295 g/mol. The van der Waals surface area contributed by atoms with E-state index in [-0.39, 0.29) is 5.75 Å². The topological polar surface area (TPSA) is 41.3 Å². The standard InChI is InChI=1S/C18H21N3O/c1-20(2)12-7-13-21-16-10-5-4-9-15(16)19-18(21)14-8-3-6-11-17(14)22/h3-6,8-11,22H,7,12-13H2,1-2H3. The first-order valence-corrected chi connectivity index (χ1v) is 7.55. The van der Waals surface area contributed by atoms with Crippen molar-refractivity contribution in [2.75, 3.05) is 20.6 Å². The molecule has 0 aliphatic carbocycles. The van der Waals surface area contributed by atoms with Gasteiger partial charge in [-0.05, 0) is 51.3 Å². The minimum absolute atomic E-state index is 0.270. The van der Waals surface area contributed by atoms with E-state index in [1.807, 2.05) is 36.4 Å². The van der Waals surface area contributed by atoms with E-state index in [1.165, 1.54) is 0 Å². The molecule has 0 amide bonds. The Hall–Kier alpha value is -2.33. The molecule has 3 rings (SSSR count). The second-order valence-corrected chi connectivity index (χ2v) is 5.75. The summed E-state index contributed by atoms with van der Waals surface area (Å²) >= 11 is 0. The van der Waals surface area contributed by atoms with Gasteiger partial charge in [0.05, 0.1) is 16.6 Å². The van der Waals surface area contributed by atoms with E-state index in [0.717, 1.165) is 41.9 Å². The van der Waals surface area contributed by atoms with E-state index >= 15 is 0 Å². The molecule has 0 bridgehead atoms. The number of rotatable bonds is 5. The van der Waals surface area contributed by atoms with Crippen molar-refractivity contribution in [2.45, 2.75) is 13.0 Å². The summed E-state index contributed by atoms with van der Waals surface area (Å²) in [5.74, 6) is 1.10. The van der Waals surface area contributed by atoms with E-state index in [4.69, 9.17) is 4.98 Å². The van der Waals surface area contributed by atoms with Crippen LogP contribution in [0, 0.1) is 0 Å². The molecule has 1 N–H and O–H groups in total. The maximum Gasteiger partial charge on any atom is 0.144 e. The Kier molecular flexibility index (Phi) is 4.11. The Morgan fingerprint density at radius 2 is 1.77 bits per heavy atom. The highest BCUT2D eigenvalue weighted by molar-refractivity contribution is 5.81. The average Bonchev–Trinajstić information content (AvgIpc) is 2.86. The van der Waals surface area contributed by atoms with E-state index in [2.05, 4.69) is 29.6 Å². The molecule has 0 unspecified atom stereocenters. The van der Waals surface area contributed by atoms with Gasteiger partial charge in [-0.3, -0.25) is 0 Å². The lowest BCUT2D eigenvalue weighted by Crippen LogP contribution is -2.15. The quantitative estimate of drug-likeness (QED) is 0.784. The third-order valence-corrected chi connectivity index (χ3v) is 3.79. The van der Waals surface area contributed by atoms with Gasteiger partial charge in [0, 0.05) is 6.54 Å². The van der Waals surface area contributed by atoms with Crippen molar-refractivity contribution in [1.82, 2.24) is 14.5 Å². The highest BCUT2D eigenvalue weighted by Crippen LogP contribution is 2.31. The van der Waals surface area contributed by atoms with Gasteiger partial charge in [0.1, 0.15) is 11.6 Å². The van der Waals surface area contributed by atoms with Crippen molar-refractivity contribution in [3.8, 4) is 17.1 Å².